The van der Waals surface area contributed by atoms with Crippen molar-refractivity contribution in [1.82, 2.24) is 9.97 Å². The van der Waals surface area contributed by atoms with Crippen LogP contribution >= 0.6 is 11.8 Å². The van der Waals surface area contributed by atoms with Crippen LogP contribution < -0.4 is 4.74 Å². The summed E-state index contributed by atoms with van der Waals surface area (Å²) < 4.78 is 5.66. The topological polar surface area (TPSA) is 55.2 Å². The zero-order chi connectivity index (χ0) is 15.2. The lowest BCUT2D eigenvalue weighted by molar-refractivity contribution is 0.126. The average molecular weight is 304 g/mol. The van der Waals surface area contributed by atoms with Crippen molar-refractivity contribution in [3.8, 4) is 5.75 Å². The van der Waals surface area contributed by atoms with Crippen LogP contribution in [0.4, 0.5) is 0 Å². The molecule has 4 nitrogen and oxygen atoms in total. The van der Waals surface area contributed by atoms with Gasteiger partial charge in [0.05, 0.1) is 6.10 Å². The number of benzene rings is 1. The molecule has 1 aromatic carbocycles. The van der Waals surface area contributed by atoms with Crippen molar-refractivity contribution in [2.24, 2.45) is 0 Å². The number of rotatable bonds is 6. The molecule has 0 aliphatic carbocycles. The van der Waals surface area contributed by atoms with Gasteiger partial charge in [-0.2, -0.15) is 0 Å². The van der Waals surface area contributed by atoms with Crippen molar-refractivity contribution in [2.45, 2.75) is 32.0 Å². The van der Waals surface area contributed by atoms with Gasteiger partial charge in [-0.3, -0.25) is 0 Å². The molecular formula is C16H20N2O2S. The Kier molecular flexibility index (Phi) is 5.59. The molecule has 1 N–H and O–H groups in total. The summed E-state index contributed by atoms with van der Waals surface area (Å²) in [4.78, 5) is 8.38. The number of nitrogens with zero attached hydrogens (tertiary/aromatic N) is 2. The first-order valence-electron chi connectivity index (χ1n) is 6.84. The standard InChI is InChI=1S/C16H20N2O2S/c1-11-4-5-15(13(3)6-11)20-9-14(19)10-21-16-17-7-12(2)8-18-16/h4-8,14,19H,9-10H2,1-3H3. The largest absolute Gasteiger partial charge is 0.491 e. The van der Waals surface area contributed by atoms with E-state index in [1.54, 1.807) is 12.4 Å². The van der Waals surface area contributed by atoms with Crippen molar-refractivity contribution in [1.29, 1.82) is 0 Å². The summed E-state index contributed by atoms with van der Waals surface area (Å²) in [6.45, 7) is 6.26. The van der Waals surface area contributed by atoms with Gasteiger partial charge in [-0.1, -0.05) is 29.5 Å². The summed E-state index contributed by atoms with van der Waals surface area (Å²) in [5.74, 6) is 1.32. The number of aliphatic hydroxyl groups excluding tert-OH is 1. The van der Waals surface area contributed by atoms with Crippen molar-refractivity contribution in [3.63, 3.8) is 0 Å². The van der Waals surface area contributed by atoms with Crippen LogP contribution in [0.5, 0.6) is 5.75 Å². The second kappa shape index (κ2) is 7.43. The van der Waals surface area contributed by atoms with Gasteiger partial charge in [0.15, 0.2) is 5.16 Å². The van der Waals surface area contributed by atoms with Gasteiger partial charge in [0.25, 0.3) is 0 Å². The maximum atomic E-state index is 9.97. The molecule has 5 heteroatoms. The van der Waals surface area contributed by atoms with Crippen LogP contribution in [-0.2, 0) is 0 Å². The van der Waals surface area contributed by atoms with E-state index < -0.39 is 6.10 Å². The fourth-order valence-electron chi connectivity index (χ4n) is 1.82. The Balaban J connectivity index is 1.79. The first-order valence-corrected chi connectivity index (χ1v) is 7.82. The molecule has 1 atom stereocenters. The Morgan fingerprint density at radius 1 is 1.14 bits per heavy atom. The smallest absolute Gasteiger partial charge is 0.187 e. The van der Waals surface area contributed by atoms with E-state index in [-0.39, 0.29) is 6.61 Å². The van der Waals surface area contributed by atoms with Crippen LogP contribution in [0.2, 0.25) is 0 Å². The number of aromatic nitrogens is 2. The summed E-state index contributed by atoms with van der Waals surface area (Å²) in [6, 6.07) is 6.01. The van der Waals surface area contributed by atoms with E-state index in [4.69, 9.17) is 4.74 Å². The number of ether oxygens (including phenoxy) is 1. The van der Waals surface area contributed by atoms with Crippen molar-refractivity contribution in [2.75, 3.05) is 12.4 Å². The summed E-state index contributed by atoms with van der Waals surface area (Å²) in [5, 5.41) is 10.6. The number of thioether (sulfide) groups is 1. The summed E-state index contributed by atoms with van der Waals surface area (Å²) in [5.41, 5.74) is 3.31. The van der Waals surface area contributed by atoms with E-state index in [1.165, 1.54) is 17.3 Å². The maximum absolute atomic E-state index is 9.97. The van der Waals surface area contributed by atoms with Crippen molar-refractivity contribution >= 4 is 11.8 Å². The van der Waals surface area contributed by atoms with Gasteiger partial charge >= 0.3 is 0 Å². The lowest BCUT2D eigenvalue weighted by Gasteiger charge is -2.13. The monoisotopic (exact) mass is 304 g/mol. The van der Waals surface area contributed by atoms with Crippen LogP contribution in [0.1, 0.15) is 16.7 Å². The molecule has 0 radical (unpaired) electrons. The minimum Gasteiger partial charge on any atom is -0.491 e. The van der Waals surface area contributed by atoms with Gasteiger partial charge in [-0.15, -0.1) is 0 Å². The Morgan fingerprint density at radius 2 is 1.86 bits per heavy atom. The van der Waals surface area contributed by atoms with Gasteiger partial charge in [0.1, 0.15) is 12.4 Å². The highest BCUT2D eigenvalue weighted by Crippen LogP contribution is 2.19. The van der Waals surface area contributed by atoms with Crippen molar-refractivity contribution < 1.29 is 9.84 Å². The zero-order valence-electron chi connectivity index (χ0n) is 12.5. The first-order chi connectivity index (χ1) is 10.0. The molecule has 2 rings (SSSR count). The minimum atomic E-state index is -0.555. The highest BCUT2D eigenvalue weighted by atomic mass is 32.2. The Morgan fingerprint density at radius 3 is 2.52 bits per heavy atom. The van der Waals surface area contributed by atoms with Gasteiger partial charge in [-0.05, 0) is 38.0 Å². The summed E-state index contributed by atoms with van der Waals surface area (Å²) >= 11 is 1.43. The molecule has 0 spiro atoms. The summed E-state index contributed by atoms with van der Waals surface area (Å²) in [6.07, 6.45) is 2.99. The third kappa shape index (κ3) is 5.02. The Hall–Kier alpha value is -1.59. The Bertz CT molecular complexity index is 587. The molecule has 0 aliphatic heterocycles. The molecule has 2 aromatic rings. The van der Waals surface area contributed by atoms with Crippen LogP contribution in [0.3, 0.4) is 0 Å². The molecule has 1 aromatic heterocycles. The Labute approximate surface area is 129 Å². The molecule has 0 saturated carbocycles. The number of hydrogen-bond donors (Lipinski definition) is 1. The number of aryl methyl sites for hydroxylation is 3. The van der Waals surface area contributed by atoms with Gasteiger partial charge in [0.2, 0.25) is 0 Å². The highest BCUT2D eigenvalue weighted by Gasteiger charge is 2.09. The molecule has 0 amide bonds. The van der Waals surface area contributed by atoms with Crippen LogP contribution in [-0.4, -0.2) is 33.5 Å². The predicted octanol–water partition coefficient (Wildman–Crippen LogP) is 2.93. The second-order valence-corrected chi connectivity index (χ2v) is 6.07. The molecule has 0 fully saturated rings. The van der Waals surface area contributed by atoms with E-state index in [9.17, 15) is 5.11 Å². The first kappa shape index (κ1) is 15.8. The predicted molar refractivity (Wildman–Crippen MR) is 84.9 cm³/mol. The molecule has 0 bridgehead atoms. The third-order valence-corrected chi connectivity index (χ3v) is 3.94. The zero-order valence-corrected chi connectivity index (χ0v) is 13.4. The second-order valence-electron chi connectivity index (χ2n) is 5.09. The third-order valence-electron chi connectivity index (χ3n) is 2.92. The molecule has 112 valence electrons. The van der Waals surface area contributed by atoms with Gasteiger partial charge in [-0.25, -0.2) is 9.97 Å². The summed E-state index contributed by atoms with van der Waals surface area (Å²) in [7, 11) is 0. The number of hydrogen-bond acceptors (Lipinski definition) is 5. The molecule has 0 saturated heterocycles. The highest BCUT2D eigenvalue weighted by molar-refractivity contribution is 7.99. The van der Waals surface area contributed by atoms with E-state index in [0.717, 1.165) is 16.9 Å². The SMILES string of the molecule is Cc1cnc(SCC(O)COc2ccc(C)cc2C)nc1. The van der Waals surface area contributed by atoms with Crippen LogP contribution in [0.15, 0.2) is 35.7 Å². The fourth-order valence-corrected chi connectivity index (χ4v) is 2.51. The lowest BCUT2D eigenvalue weighted by atomic mass is 10.1. The van der Waals surface area contributed by atoms with E-state index in [1.807, 2.05) is 32.9 Å². The maximum Gasteiger partial charge on any atom is 0.187 e. The van der Waals surface area contributed by atoms with Gasteiger partial charge in [0, 0.05) is 18.1 Å². The van der Waals surface area contributed by atoms with Crippen LogP contribution in [0.25, 0.3) is 0 Å². The van der Waals surface area contributed by atoms with E-state index in [2.05, 4.69) is 16.0 Å². The van der Waals surface area contributed by atoms with E-state index >= 15 is 0 Å². The minimum absolute atomic E-state index is 0.267. The molecule has 0 aliphatic rings. The van der Waals surface area contributed by atoms with E-state index in [0.29, 0.717) is 10.9 Å². The van der Waals surface area contributed by atoms with Gasteiger partial charge < -0.3 is 9.84 Å². The molecule has 21 heavy (non-hydrogen) atoms. The van der Waals surface area contributed by atoms with Crippen LogP contribution in [0, 0.1) is 20.8 Å². The fraction of sp³-hybridized carbons (Fsp3) is 0.375. The molecule has 1 unspecified atom stereocenters. The molecular weight excluding hydrogens is 284 g/mol. The normalized spacial score (nSPS) is 12.2. The average Bonchev–Trinajstić information content (AvgIpc) is 2.46. The lowest BCUT2D eigenvalue weighted by Crippen LogP contribution is -2.20. The van der Waals surface area contributed by atoms with Crippen molar-refractivity contribution in [3.05, 3.63) is 47.3 Å². The quantitative estimate of drug-likeness (QED) is 0.657. The number of aliphatic hydroxyl groups is 1. The molecule has 1 heterocycles.